The molecule has 0 spiro atoms. The number of carbonyl (C=O) groups excluding carboxylic acids is 3. The van der Waals surface area contributed by atoms with Crippen LogP contribution in [0.2, 0.25) is 0 Å². The molecule has 4 rings (SSSR count). The van der Waals surface area contributed by atoms with Crippen LogP contribution in [0, 0.1) is 20.2 Å². The smallest absolute Gasteiger partial charge is 0.404 e. The number of ether oxygens (including phenoxy) is 2. The zero-order valence-electron chi connectivity index (χ0n) is 18.0. The molecule has 2 N–H and O–H groups in total. The summed E-state index contributed by atoms with van der Waals surface area (Å²) in [5.41, 5.74) is 1.78. The summed E-state index contributed by atoms with van der Waals surface area (Å²) < 4.78 is 10.3. The number of rotatable bonds is 8. The number of fused-ring (bicyclic) bond motifs is 1. The third-order valence-electron chi connectivity index (χ3n) is 5.90. The number of carbonyl (C=O) groups is 3. The van der Waals surface area contributed by atoms with Crippen molar-refractivity contribution in [2.45, 2.75) is 31.1 Å². The summed E-state index contributed by atoms with van der Waals surface area (Å²) in [4.78, 5) is 60.5. The zero-order chi connectivity index (χ0) is 25.3. The summed E-state index contributed by atoms with van der Waals surface area (Å²) >= 11 is 0. The normalized spacial score (nSPS) is 20.1. The lowest BCUT2D eigenvalue weighted by molar-refractivity contribution is -0.386. The van der Waals surface area contributed by atoms with Crippen LogP contribution < -0.4 is 5.73 Å². The number of nitrogens with two attached hydrogens (primary N) is 1. The van der Waals surface area contributed by atoms with Gasteiger partial charge in [0.2, 0.25) is 5.60 Å². The molecule has 2 aromatic rings. The fraction of sp³-hybridized carbons (Fsp3) is 0.227. The van der Waals surface area contributed by atoms with E-state index in [0.29, 0.717) is 6.42 Å². The maximum absolute atomic E-state index is 13.2. The van der Waals surface area contributed by atoms with Crippen LogP contribution in [0.25, 0.3) is 0 Å². The summed E-state index contributed by atoms with van der Waals surface area (Å²) in [6.07, 6.45) is 2.10. The molecule has 1 fully saturated rings. The van der Waals surface area contributed by atoms with Gasteiger partial charge in [-0.2, -0.15) is 0 Å². The number of primary amides is 1. The number of para-hydroxylation sites is 2. The second-order valence-electron chi connectivity index (χ2n) is 7.87. The Kier molecular flexibility index (Phi) is 5.91. The minimum absolute atomic E-state index is 0.111. The van der Waals surface area contributed by atoms with Crippen molar-refractivity contribution < 1.29 is 33.7 Å². The molecular formula is C22H18N4O9. The molecular weight excluding hydrogens is 464 g/mol. The SMILES string of the molecule is NC(=O)OCc1cccc(C(=O)O[C@@]2(Cc3ccccc3[N+](=O)[O-])C(=O)N3C=CC[C@H]32)c1[N+](=O)[O-]. The van der Waals surface area contributed by atoms with Crippen LogP contribution in [-0.4, -0.2) is 44.4 Å². The maximum Gasteiger partial charge on any atom is 0.404 e. The molecule has 0 radical (unpaired) electrons. The number of benzene rings is 2. The fourth-order valence-corrected chi connectivity index (χ4v) is 4.36. The van der Waals surface area contributed by atoms with E-state index >= 15 is 0 Å². The minimum atomic E-state index is -1.81. The molecule has 2 atom stereocenters. The van der Waals surface area contributed by atoms with Crippen molar-refractivity contribution >= 4 is 29.3 Å². The highest BCUT2D eigenvalue weighted by atomic mass is 16.6. The van der Waals surface area contributed by atoms with Gasteiger partial charge in [0.15, 0.2) is 0 Å². The molecule has 2 aliphatic heterocycles. The van der Waals surface area contributed by atoms with Gasteiger partial charge in [-0.15, -0.1) is 0 Å². The molecule has 0 saturated carbocycles. The van der Waals surface area contributed by atoms with E-state index in [4.69, 9.17) is 10.5 Å². The molecule has 13 nitrogen and oxygen atoms in total. The third kappa shape index (κ3) is 4.03. The number of nitrogens with zero attached hydrogens (tertiary/aromatic N) is 3. The van der Waals surface area contributed by atoms with Gasteiger partial charge in [-0.25, -0.2) is 9.59 Å². The first-order chi connectivity index (χ1) is 16.7. The Morgan fingerprint density at radius 2 is 1.80 bits per heavy atom. The molecule has 13 heteroatoms. The van der Waals surface area contributed by atoms with E-state index in [0.717, 1.165) is 6.07 Å². The van der Waals surface area contributed by atoms with E-state index in [1.165, 1.54) is 41.4 Å². The monoisotopic (exact) mass is 482 g/mol. The van der Waals surface area contributed by atoms with Crippen molar-refractivity contribution in [1.82, 2.24) is 4.90 Å². The van der Waals surface area contributed by atoms with Crippen molar-refractivity contribution in [2.75, 3.05) is 0 Å². The summed E-state index contributed by atoms with van der Waals surface area (Å²) in [7, 11) is 0. The largest absolute Gasteiger partial charge is 0.445 e. The van der Waals surface area contributed by atoms with Gasteiger partial charge in [0.25, 0.3) is 17.3 Å². The number of amides is 2. The first-order valence-corrected chi connectivity index (χ1v) is 10.3. The van der Waals surface area contributed by atoms with E-state index in [9.17, 15) is 34.6 Å². The summed E-state index contributed by atoms with van der Waals surface area (Å²) in [6, 6.07) is 8.86. The van der Waals surface area contributed by atoms with Gasteiger partial charge in [-0.1, -0.05) is 30.3 Å². The first-order valence-electron chi connectivity index (χ1n) is 10.3. The van der Waals surface area contributed by atoms with Crippen LogP contribution in [0.15, 0.2) is 54.7 Å². The quantitative estimate of drug-likeness (QED) is 0.255. The number of β-lactam (4-membered cyclic amide) rings is 1. The highest BCUT2D eigenvalue weighted by Gasteiger charge is 2.64. The Hall–Kier alpha value is -4.81. The van der Waals surface area contributed by atoms with Gasteiger partial charge in [-0.3, -0.25) is 25.0 Å². The molecule has 2 aliphatic rings. The second-order valence-corrected chi connectivity index (χ2v) is 7.87. The molecule has 0 bridgehead atoms. The van der Waals surface area contributed by atoms with Gasteiger partial charge in [0, 0.05) is 24.3 Å². The summed E-state index contributed by atoms with van der Waals surface area (Å²) in [5.74, 6) is -1.77. The van der Waals surface area contributed by atoms with E-state index in [1.54, 1.807) is 12.1 Å². The first kappa shape index (κ1) is 23.4. The molecule has 1 saturated heterocycles. The van der Waals surface area contributed by atoms with Crippen LogP contribution >= 0.6 is 0 Å². The molecule has 2 heterocycles. The molecule has 2 aromatic carbocycles. The number of nitro benzene ring substituents is 2. The van der Waals surface area contributed by atoms with Crippen molar-refractivity contribution in [2.24, 2.45) is 5.73 Å². The Labute approximate surface area is 197 Å². The number of esters is 1. The number of nitro groups is 2. The highest BCUT2D eigenvalue weighted by Crippen LogP contribution is 2.44. The third-order valence-corrected chi connectivity index (χ3v) is 5.90. The van der Waals surface area contributed by atoms with Crippen LogP contribution in [0.4, 0.5) is 16.2 Å². The van der Waals surface area contributed by atoms with E-state index < -0.39 is 57.3 Å². The van der Waals surface area contributed by atoms with E-state index in [2.05, 4.69) is 4.74 Å². The van der Waals surface area contributed by atoms with Gasteiger partial charge in [0.05, 0.1) is 21.5 Å². The zero-order valence-corrected chi connectivity index (χ0v) is 18.0. The molecule has 35 heavy (non-hydrogen) atoms. The number of hydrogen-bond acceptors (Lipinski definition) is 9. The molecule has 180 valence electrons. The molecule has 0 unspecified atom stereocenters. The lowest BCUT2D eigenvalue weighted by Gasteiger charge is -2.51. The Morgan fingerprint density at radius 1 is 1.09 bits per heavy atom. The van der Waals surface area contributed by atoms with Gasteiger partial charge >= 0.3 is 12.1 Å². The maximum atomic E-state index is 13.2. The lowest BCUT2D eigenvalue weighted by atomic mass is 9.77. The molecule has 0 aromatic heterocycles. The summed E-state index contributed by atoms with van der Waals surface area (Å²) in [6.45, 7) is -0.562. The lowest BCUT2D eigenvalue weighted by Crippen LogP contribution is -2.73. The Balaban J connectivity index is 1.72. The second kappa shape index (κ2) is 8.85. The van der Waals surface area contributed by atoms with Gasteiger partial charge in [-0.05, 0) is 18.6 Å². The minimum Gasteiger partial charge on any atom is -0.445 e. The molecule has 0 aliphatic carbocycles. The van der Waals surface area contributed by atoms with Crippen molar-refractivity contribution in [1.29, 1.82) is 0 Å². The summed E-state index contributed by atoms with van der Waals surface area (Å²) in [5, 5.41) is 23.3. The molecule has 2 amide bonds. The average molecular weight is 482 g/mol. The van der Waals surface area contributed by atoms with Crippen molar-refractivity contribution in [3.63, 3.8) is 0 Å². The van der Waals surface area contributed by atoms with Crippen LogP contribution in [-0.2, 0) is 27.3 Å². The fourth-order valence-electron chi connectivity index (χ4n) is 4.36. The van der Waals surface area contributed by atoms with Crippen LogP contribution in [0.5, 0.6) is 0 Å². The van der Waals surface area contributed by atoms with Crippen molar-refractivity contribution in [3.05, 3.63) is 91.7 Å². The van der Waals surface area contributed by atoms with Crippen molar-refractivity contribution in [3.8, 4) is 0 Å². The van der Waals surface area contributed by atoms with Crippen LogP contribution in [0.3, 0.4) is 0 Å². The van der Waals surface area contributed by atoms with Gasteiger partial charge in [0.1, 0.15) is 12.2 Å². The number of hydrogen-bond donors (Lipinski definition) is 1. The average Bonchev–Trinajstić information content (AvgIpc) is 3.29. The van der Waals surface area contributed by atoms with Gasteiger partial charge < -0.3 is 20.1 Å². The van der Waals surface area contributed by atoms with E-state index in [-0.39, 0.29) is 23.2 Å². The Bertz CT molecular complexity index is 1290. The Morgan fingerprint density at radius 3 is 2.49 bits per heavy atom. The van der Waals surface area contributed by atoms with Crippen LogP contribution in [0.1, 0.15) is 27.9 Å². The standard InChI is InChI=1S/C22H18N4O9/c23-21(29)34-12-14-6-3-7-15(18(14)26(32)33)19(27)35-22(17-9-4-10-24(17)20(22)28)11-13-5-1-2-8-16(13)25(30)31/h1-8,10,17H,9,11-12H2,(H2,23,29)/t17-,22+/m0/s1. The predicted molar refractivity (Wildman–Crippen MR) is 117 cm³/mol. The van der Waals surface area contributed by atoms with E-state index in [1.807, 2.05) is 0 Å². The predicted octanol–water partition coefficient (Wildman–Crippen LogP) is 2.36. The topological polar surface area (TPSA) is 185 Å². The highest BCUT2D eigenvalue weighted by molar-refractivity contribution is 6.01.